The largest absolute Gasteiger partial charge is 0.444 e. The molecule has 0 spiro atoms. The van der Waals surface area contributed by atoms with E-state index in [4.69, 9.17) is 9.47 Å². The molecule has 0 aromatic heterocycles. The quantitative estimate of drug-likeness (QED) is 0.446. The van der Waals surface area contributed by atoms with E-state index in [0.29, 0.717) is 12.1 Å². The van der Waals surface area contributed by atoms with E-state index < -0.39 is 5.60 Å². The minimum Gasteiger partial charge on any atom is -0.444 e. The molecule has 1 aromatic carbocycles. The van der Waals surface area contributed by atoms with Gasteiger partial charge in [-0.05, 0) is 71.1 Å². The van der Waals surface area contributed by atoms with Crippen molar-refractivity contribution in [3.05, 3.63) is 35.1 Å². The number of hydrogen-bond donors (Lipinski definition) is 3. The van der Waals surface area contributed by atoms with Crippen molar-refractivity contribution >= 4 is 12.1 Å². The lowest BCUT2D eigenvalue weighted by Crippen LogP contribution is -2.48. The zero-order valence-electron chi connectivity index (χ0n) is 19.4. The number of nitrogens with zero attached hydrogens (tertiary/aromatic N) is 1. The van der Waals surface area contributed by atoms with Crippen molar-refractivity contribution in [3.8, 4) is 0 Å². The maximum Gasteiger partial charge on any atom is 0.407 e. The summed E-state index contributed by atoms with van der Waals surface area (Å²) < 4.78 is 24.2. The van der Waals surface area contributed by atoms with Crippen LogP contribution in [0.15, 0.2) is 23.2 Å². The molecule has 174 valence electrons. The molecule has 0 radical (unpaired) electrons. The van der Waals surface area contributed by atoms with Crippen LogP contribution < -0.4 is 16.0 Å². The van der Waals surface area contributed by atoms with Crippen LogP contribution >= 0.6 is 0 Å². The molecule has 3 N–H and O–H groups in total. The van der Waals surface area contributed by atoms with Gasteiger partial charge in [0.15, 0.2) is 5.96 Å². The van der Waals surface area contributed by atoms with Crippen molar-refractivity contribution in [1.29, 1.82) is 0 Å². The van der Waals surface area contributed by atoms with Gasteiger partial charge in [-0.15, -0.1) is 0 Å². The Morgan fingerprint density at radius 2 is 1.81 bits per heavy atom. The second-order valence-corrected chi connectivity index (χ2v) is 8.89. The fourth-order valence-corrected chi connectivity index (χ4v) is 3.53. The fraction of sp³-hybridized carbons (Fsp3) is 0.652. The molecule has 0 bridgehead atoms. The molecule has 1 aromatic rings. The van der Waals surface area contributed by atoms with Crippen LogP contribution in [0, 0.1) is 5.82 Å². The summed E-state index contributed by atoms with van der Waals surface area (Å²) in [7, 11) is 1.55. The zero-order chi connectivity index (χ0) is 22.9. The van der Waals surface area contributed by atoms with E-state index in [1.165, 1.54) is 6.07 Å². The van der Waals surface area contributed by atoms with Crippen LogP contribution in [0.4, 0.5) is 9.18 Å². The number of halogens is 1. The average molecular weight is 437 g/mol. The molecule has 2 rings (SSSR count). The van der Waals surface area contributed by atoms with Gasteiger partial charge in [-0.2, -0.15) is 0 Å². The molecule has 0 unspecified atom stereocenters. The predicted molar refractivity (Wildman–Crippen MR) is 120 cm³/mol. The highest BCUT2D eigenvalue weighted by atomic mass is 19.1. The third-order valence-corrected chi connectivity index (χ3v) is 4.96. The summed E-state index contributed by atoms with van der Waals surface area (Å²) in [4.78, 5) is 16.6. The van der Waals surface area contributed by atoms with E-state index >= 15 is 0 Å². The number of aliphatic imine (C=N–C) groups is 1. The van der Waals surface area contributed by atoms with Gasteiger partial charge in [0.1, 0.15) is 11.4 Å². The van der Waals surface area contributed by atoms with Crippen molar-refractivity contribution in [2.45, 2.75) is 84.2 Å². The van der Waals surface area contributed by atoms with Crippen LogP contribution in [-0.4, -0.2) is 43.4 Å². The smallest absolute Gasteiger partial charge is 0.407 e. The lowest BCUT2D eigenvalue weighted by molar-refractivity contribution is 0.0490. The minimum absolute atomic E-state index is 0.130. The zero-order valence-corrected chi connectivity index (χ0v) is 19.4. The summed E-state index contributed by atoms with van der Waals surface area (Å²) in [6, 6.07) is 5.41. The lowest BCUT2D eigenvalue weighted by Gasteiger charge is -2.31. The van der Waals surface area contributed by atoms with Crippen molar-refractivity contribution in [3.63, 3.8) is 0 Å². The Labute approximate surface area is 185 Å². The van der Waals surface area contributed by atoms with E-state index in [0.717, 1.165) is 43.8 Å². The predicted octanol–water partition coefficient (Wildman–Crippen LogP) is 3.86. The first-order chi connectivity index (χ1) is 14.7. The molecule has 0 heterocycles. The van der Waals surface area contributed by atoms with Crippen molar-refractivity contribution in [2.24, 2.45) is 4.99 Å². The standard InChI is InChI=1S/C23H37FN4O3/c1-6-25-21(26-14-16-7-12-20(24)17(13-16)15-30-5)27-18-8-10-19(11-9-18)28-22(29)31-23(2,3)4/h7,12-13,18-19H,6,8-11,14-15H2,1-5H3,(H,28,29)(H2,25,26,27). The van der Waals surface area contributed by atoms with E-state index in [1.54, 1.807) is 19.2 Å². The van der Waals surface area contributed by atoms with Gasteiger partial charge in [0.05, 0.1) is 13.2 Å². The van der Waals surface area contributed by atoms with Gasteiger partial charge in [0.2, 0.25) is 0 Å². The molecule has 0 atom stereocenters. The highest BCUT2D eigenvalue weighted by molar-refractivity contribution is 5.80. The van der Waals surface area contributed by atoms with E-state index in [-0.39, 0.29) is 30.6 Å². The number of ether oxygens (including phenoxy) is 2. The van der Waals surface area contributed by atoms with Crippen molar-refractivity contribution in [1.82, 2.24) is 16.0 Å². The number of methoxy groups -OCH3 is 1. The maximum absolute atomic E-state index is 13.8. The molecule has 31 heavy (non-hydrogen) atoms. The first kappa shape index (κ1) is 24.9. The number of hydrogen-bond acceptors (Lipinski definition) is 4. The summed E-state index contributed by atoms with van der Waals surface area (Å²) >= 11 is 0. The highest BCUT2D eigenvalue weighted by Crippen LogP contribution is 2.19. The SMILES string of the molecule is CCNC(=NCc1ccc(F)c(COC)c1)NC1CCC(NC(=O)OC(C)(C)C)CC1. The Morgan fingerprint density at radius 3 is 2.39 bits per heavy atom. The van der Waals surface area contributed by atoms with Gasteiger partial charge in [0, 0.05) is 31.3 Å². The Balaban J connectivity index is 1.87. The number of amides is 1. The summed E-state index contributed by atoms with van der Waals surface area (Å²) in [5.41, 5.74) is 0.967. The molecule has 7 nitrogen and oxygen atoms in total. The van der Waals surface area contributed by atoms with E-state index in [9.17, 15) is 9.18 Å². The number of nitrogens with one attached hydrogen (secondary N) is 3. The van der Waals surface area contributed by atoms with E-state index in [1.807, 2.05) is 27.7 Å². The van der Waals surface area contributed by atoms with Gasteiger partial charge in [-0.1, -0.05) is 6.07 Å². The lowest BCUT2D eigenvalue weighted by atomic mass is 9.91. The van der Waals surface area contributed by atoms with Gasteiger partial charge in [-0.25, -0.2) is 14.2 Å². The summed E-state index contributed by atoms with van der Waals surface area (Å²) in [5.74, 6) is 0.472. The van der Waals surface area contributed by atoms with Crippen LogP contribution in [0.2, 0.25) is 0 Å². The summed E-state index contributed by atoms with van der Waals surface area (Å²) in [6.07, 6.45) is 3.27. The Hall–Kier alpha value is -2.35. The third kappa shape index (κ3) is 9.12. The Kier molecular flexibility index (Phi) is 9.55. The molecule has 8 heteroatoms. The van der Waals surface area contributed by atoms with Crippen LogP contribution in [0.25, 0.3) is 0 Å². The average Bonchev–Trinajstić information content (AvgIpc) is 2.68. The van der Waals surface area contributed by atoms with Gasteiger partial charge >= 0.3 is 6.09 Å². The number of alkyl carbamates (subject to hydrolysis) is 1. The molecule has 1 aliphatic rings. The topological polar surface area (TPSA) is 84.0 Å². The number of rotatable bonds is 7. The molecule has 1 aliphatic carbocycles. The summed E-state index contributed by atoms with van der Waals surface area (Å²) in [5, 5.41) is 9.72. The van der Waals surface area contributed by atoms with Crippen LogP contribution in [-0.2, 0) is 22.6 Å². The third-order valence-electron chi connectivity index (χ3n) is 4.96. The molecule has 1 saturated carbocycles. The molecule has 1 fully saturated rings. The normalized spacial score (nSPS) is 19.6. The van der Waals surface area contributed by atoms with Gasteiger partial charge < -0.3 is 25.4 Å². The van der Waals surface area contributed by atoms with E-state index in [2.05, 4.69) is 20.9 Å². The Morgan fingerprint density at radius 1 is 1.16 bits per heavy atom. The second kappa shape index (κ2) is 11.9. The monoisotopic (exact) mass is 436 g/mol. The van der Waals surface area contributed by atoms with Gasteiger partial charge in [0.25, 0.3) is 0 Å². The molecule has 0 saturated heterocycles. The fourth-order valence-electron chi connectivity index (χ4n) is 3.53. The second-order valence-electron chi connectivity index (χ2n) is 8.89. The Bertz CT molecular complexity index is 741. The van der Waals surface area contributed by atoms with Crippen molar-refractivity contribution in [2.75, 3.05) is 13.7 Å². The number of carbonyl (C=O) groups excluding carboxylic acids is 1. The van der Waals surface area contributed by atoms with Crippen LogP contribution in [0.3, 0.4) is 0 Å². The first-order valence-corrected chi connectivity index (χ1v) is 11.0. The van der Waals surface area contributed by atoms with Crippen LogP contribution in [0.5, 0.6) is 0 Å². The number of carbonyl (C=O) groups is 1. The first-order valence-electron chi connectivity index (χ1n) is 11.0. The van der Waals surface area contributed by atoms with Gasteiger partial charge in [-0.3, -0.25) is 0 Å². The molecule has 1 amide bonds. The summed E-state index contributed by atoms with van der Waals surface area (Å²) in [6.45, 7) is 9.04. The molecular weight excluding hydrogens is 399 g/mol. The van der Waals surface area contributed by atoms with Crippen molar-refractivity contribution < 1.29 is 18.7 Å². The number of guanidine groups is 1. The maximum atomic E-state index is 13.8. The molecule has 0 aliphatic heterocycles. The number of benzene rings is 1. The van der Waals surface area contributed by atoms with Crippen LogP contribution in [0.1, 0.15) is 64.5 Å². The highest BCUT2D eigenvalue weighted by Gasteiger charge is 2.25. The minimum atomic E-state index is -0.491. The molecular formula is C23H37FN4O3.